The second-order valence-corrected chi connectivity index (χ2v) is 5.66. The van der Waals surface area contributed by atoms with Crippen LogP contribution < -0.4 is 5.32 Å². The molecule has 92 valence electrons. The minimum absolute atomic E-state index is 0.118. The second-order valence-electron chi connectivity index (χ2n) is 5.25. The quantitative estimate of drug-likeness (QED) is 0.881. The third-order valence-electron chi connectivity index (χ3n) is 2.68. The van der Waals surface area contributed by atoms with E-state index in [4.69, 9.17) is 11.6 Å². The lowest BCUT2D eigenvalue weighted by atomic mass is 9.84. The Bertz CT molecular complexity index is 319. The molecule has 1 atom stereocenters. The van der Waals surface area contributed by atoms with Gasteiger partial charge in [0.2, 0.25) is 0 Å². The maximum absolute atomic E-state index is 6.20. The Kier molecular flexibility index (Phi) is 4.39. The average molecular weight is 244 g/mol. The van der Waals surface area contributed by atoms with Gasteiger partial charge in [0, 0.05) is 7.05 Å². The fraction of sp³-hybridized carbons (Fsp3) is 0.750. The molecule has 0 saturated heterocycles. The van der Waals surface area contributed by atoms with Crippen molar-refractivity contribution in [1.82, 2.24) is 15.1 Å². The Hall–Kier alpha value is -0.540. The van der Waals surface area contributed by atoms with Gasteiger partial charge in [0.25, 0.3) is 0 Å². The van der Waals surface area contributed by atoms with Crippen LogP contribution >= 0.6 is 11.6 Å². The van der Waals surface area contributed by atoms with E-state index in [9.17, 15) is 0 Å². The number of rotatable bonds is 4. The first-order chi connectivity index (χ1) is 7.38. The predicted molar refractivity (Wildman–Crippen MR) is 68.7 cm³/mol. The van der Waals surface area contributed by atoms with E-state index in [1.165, 1.54) is 0 Å². The summed E-state index contributed by atoms with van der Waals surface area (Å²) in [6, 6.07) is 0.229. The van der Waals surface area contributed by atoms with E-state index in [1.54, 1.807) is 6.20 Å². The lowest BCUT2D eigenvalue weighted by molar-refractivity contribution is 0.261. The highest BCUT2D eigenvalue weighted by atomic mass is 35.5. The maximum Gasteiger partial charge on any atom is 0.0834 e. The van der Waals surface area contributed by atoms with Gasteiger partial charge in [-0.3, -0.25) is 4.68 Å². The molecule has 0 fully saturated rings. The summed E-state index contributed by atoms with van der Waals surface area (Å²) in [5.74, 6) is 0. The number of aryl methyl sites for hydroxylation is 1. The Morgan fingerprint density at radius 3 is 2.50 bits per heavy atom. The normalized spacial score (nSPS) is 14.1. The molecule has 4 heteroatoms. The molecule has 1 aromatic heterocycles. The summed E-state index contributed by atoms with van der Waals surface area (Å²) < 4.78 is 1.86. The van der Waals surface area contributed by atoms with Crippen molar-refractivity contribution < 1.29 is 0 Å². The van der Waals surface area contributed by atoms with Crippen molar-refractivity contribution in [3.63, 3.8) is 0 Å². The van der Waals surface area contributed by atoms with Crippen molar-refractivity contribution in [1.29, 1.82) is 0 Å². The van der Waals surface area contributed by atoms with Crippen molar-refractivity contribution in [2.75, 3.05) is 6.54 Å². The molecule has 1 N–H and O–H groups in total. The van der Waals surface area contributed by atoms with Crippen molar-refractivity contribution in [2.24, 2.45) is 12.5 Å². The van der Waals surface area contributed by atoms with Crippen LogP contribution in [0.1, 0.15) is 45.9 Å². The molecule has 0 saturated carbocycles. The molecule has 0 aromatic carbocycles. The number of aromatic nitrogens is 2. The summed E-state index contributed by atoms with van der Waals surface area (Å²) in [4.78, 5) is 0. The van der Waals surface area contributed by atoms with Gasteiger partial charge in [0.1, 0.15) is 0 Å². The summed E-state index contributed by atoms with van der Waals surface area (Å²) in [6.45, 7) is 9.79. The van der Waals surface area contributed by atoms with Crippen molar-refractivity contribution in [2.45, 2.75) is 40.2 Å². The minimum atomic E-state index is 0.118. The van der Waals surface area contributed by atoms with Gasteiger partial charge in [0.15, 0.2) is 0 Å². The van der Waals surface area contributed by atoms with Crippen molar-refractivity contribution >= 4 is 11.6 Å². The monoisotopic (exact) mass is 243 g/mol. The van der Waals surface area contributed by atoms with Gasteiger partial charge in [-0.1, -0.05) is 39.3 Å². The fourth-order valence-electron chi connectivity index (χ4n) is 1.85. The van der Waals surface area contributed by atoms with Crippen LogP contribution in [0.2, 0.25) is 5.02 Å². The Balaban J connectivity index is 3.01. The zero-order valence-corrected chi connectivity index (χ0v) is 11.6. The Morgan fingerprint density at radius 1 is 1.50 bits per heavy atom. The van der Waals surface area contributed by atoms with Crippen LogP contribution in [-0.4, -0.2) is 16.3 Å². The molecule has 16 heavy (non-hydrogen) atoms. The second kappa shape index (κ2) is 5.19. The molecular formula is C12H22ClN3. The zero-order valence-electron chi connectivity index (χ0n) is 10.8. The summed E-state index contributed by atoms with van der Waals surface area (Å²) in [5, 5.41) is 8.49. The summed E-state index contributed by atoms with van der Waals surface area (Å²) in [7, 11) is 1.94. The van der Waals surface area contributed by atoms with Crippen LogP contribution in [0.3, 0.4) is 0 Å². The standard InChI is InChI=1S/C12H22ClN3/c1-6-7-14-11(12(2,3)4)10-9(13)8-15-16(10)5/h8,11,14H,6-7H2,1-5H3. The fourth-order valence-corrected chi connectivity index (χ4v) is 2.12. The summed E-state index contributed by atoms with van der Waals surface area (Å²) in [6.07, 6.45) is 2.82. The first kappa shape index (κ1) is 13.5. The zero-order chi connectivity index (χ0) is 12.3. The van der Waals surface area contributed by atoms with Crippen LogP contribution in [0.5, 0.6) is 0 Å². The molecule has 1 unspecified atom stereocenters. The molecule has 0 aliphatic carbocycles. The van der Waals surface area contributed by atoms with Crippen LogP contribution in [0.25, 0.3) is 0 Å². The Morgan fingerprint density at radius 2 is 2.12 bits per heavy atom. The van der Waals surface area contributed by atoms with Gasteiger partial charge in [-0.25, -0.2) is 0 Å². The van der Waals surface area contributed by atoms with Gasteiger partial charge >= 0.3 is 0 Å². The van der Waals surface area contributed by atoms with E-state index in [2.05, 4.69) is 38.1 Å². The van der Waals surface area contributed by atoms with Gasteiger partial charge in [0.05, 0.1) is 23.0 Å². The largest absolute Gasteiger partial charge is 0.308 e. The van der Waals surface area contributed by atoms with Gasteiger partial charge in [-0.05, 0) is 18.4 Å². The smallest absolute Gasteiger partial charge is 0.0834 e. The molecule has 0 spiro atoms. The molecule has 0 aliphatic rings. The van der Waals surface area contributed by atoms with Gasteiger partial charge in [-0.15, -0.1) is 0 Å². The maximum atomic E-state index is 6.20. The van der Waals surface area contributed by atoms with E-state index in [0.717, 1.165) is 23.7 Å². The van der Waals surface area contributed by atoms with E-state index in [-0.39, 0.29) is 11.5 Å². The third kappa shape index (κ3) is 2.98. The topological polar surface area (TPSA) is 29.9 Å². The number of hydrogen-bond acceptors (Lipinski definition) is 2. The van der Waals surface area contributed by atoms with Crippen LogP contribution in [0.4, 0.5) is 0 Å². The SMILES string of the molecule is CCCNC(c1c(Cl)cnn1C)C(C)(C)C. The molecule has 0 aliphatic heterocycles. The molecule has 1 heterocycles. The van der Waals surface area contributed by atoms with Crippen LogP contribution in [0.15, 0.2) is 6.20 Å². The molecule has 0 bridgehead atoms. The molecular weight excluding hydrogens is 222 g/mol. The van der Waals surface area contributed by atoms with Crippen molar-refractivity contribution in [3.8, 4) is 0 Å². The first-order valence-corrected chi connectivity index (χ1v) is 6.16. The first-order valence-electron chi connectivity index (χ1n) is 5.78. The molecule has 1 aromatic rings. The van der Waals surface area contributed by atoms with E-state index >= 15 is 0 Å². The minimum Gasteiger partial charge on any atom is -0.308 e. The number of hydrogen-bond donors (Lipinski definition) is 1. The highest BCUT2D eigenvalue weighted by Gasteiger charge is 2.29. The lowest BCUT2D eigenvalue weighted by Crippen LogP contribution is -2.34. The van der Waals surface area contributed by atoms with E-state index in [1.807, 2.05) is 11.7 Å². The molecule has 0 radical (unpaired) electrons. The van der Waals surface area contributed by atoms with E-state index in [0.29, 0.717) is 0 Å². The highest BCUT2D eigenvalue weighted by molar-refractivity contribution is 6.31. The molecule has 1 rings (SSSR count). The number of nitrogens with zero attached hydrogens (tertiary/aromatic N) is 2. The molecule has 0 amide bonds. The lowest BCUT2D eigenvalue weighted by Gasteiger charge is -2.32. The van der Waals surface area contributed by atoms with Crippen LogP contribution in [0, 0.1) is 5.41 Å². The van der Waals surface area contributed by atoms with Crippen molar-refractivity contribution in [3.05, 3.63) is 16.9 Å². The number of halogens is 1. The van der Waals surface area contributed by atoms with Crippen LogP contribution in [-0.2, 0) is 7.05 Å². The van der Waals surface area contributed by atoms with E-state index < -0.39 is 0 Å². The van der Waals surface area contributed by atoms with Gasteiger partial charge < -0.3 is 5.32 Å². The number of nitrogens with one attached hydrogen (secondary N) is 1. The third-order valence-corrected chi connectivity index (χ3v) is 2.97. The van der Waals surface area contributed by atoms with Gasteiger partial charge in [-0.2, -0.15) is 5.10 Å². The Labute approximate surface area is 103 Å². The predicted octanol–water partition coefficient (Wildman–Crippen LogP) is 3.16. The summed E-state index contributed by atoms with van der Waals surface area (Å²) >= 11 is 6.20. The summed E-state index contributed by atoms with van der Waals surface area (Å²) in [5.41, 5.74) is 1.19. The highest BCUT2D eigenvalue weighted by Crippen LogP contribution is 2.35. The molecule has 3 nitrogen and oxygen atoms in total. The average Bonchev–Trinajstić information content (AvgIpc) is 2.47.